The second-order valence-electron chi connectivity index (χ2n) is 2.78. The Hall–Kier alpha value is 0.630. The lowest BCUT2D eigenvalue weighted by Crippen LogP contribution is -2.13. The van der Waals surface area contributed by atoms with Crippen molar-refractivity contribution in [3.05, 3.63) is 13.0 Å². The summed E-state index contributed by atoms with van der Waals surface area (Å²) in [6.07, 6.45) is 2.24. The van der Waals surface area contributed by atoms with Crippen LogP contribution >= 0.6 is 45.2 Å². The molecule has 0 aliphatic rings. The van der Waals surface area contributed by atoms with Gasteiger partial charge in [0.2, 0.25) is 0 Å². The van der Waals surface area contributed by atoms with Gasteiger partial charge in [-0.05, 0) is 51.6 Å². The molecule has 0 amide bonds. The Balaban J connectivity index is 2.67. The zero-order valence-electron chi connectivity index (χ0n) is 7.60. The van der Waals surface area contributed by atoms with Crippen molar-refractivity contribution in [3.63, 3.8) is 0 Å². The molecule has 0 radical (unpaired) electrons. The first-order valence-electron chi connectivity index (χ1n) is 4.10. The molecule has 5 heteroatoms. The third kappa shape index (κ3) is 3.05. The number of aromatic nitrogens is 2. The minimum Gasteiger partial charge on any atom is -0.381 e. The largest absolute Gasteiger partial charge is 0.381 e. The van der Waals surface area contributed by atoms with E-state index < -0.39 is 0 Å². The average Bonchev–Trinajstić information content (AvgIpc) is 2.45. The zero-order chi connectivity index (χ0) is 9.84. The van der Waals surface area contributed by atoms with Crippen LogP contribution in [-0.2, 0) is 11.2 Å². The smallest absolute Gasteiger partial charge is 0.136 e. The predicted molar refractivity (Wildman–Crippen MR) is 68.8 cm³/mol. The Morgan fingerprint density at radius 2 is 2.23 bits per heavy atom. The number of ether oxygens (including phenoxy) is 1. The van der Waals surface area contributed by atoms with Gasteiger partial charge in [0.05, 0.1) is 15.4 Å². The average molecular weight is 406 g/mol. The van der Waals surface area contributed by atoms with Gasteiger partial charge in [-0.2, -0.15) is 5.10 Å². The zero-order valence-corrected chi connectivity index (χ0v) is 11.9. The summed E-state index contributed by atoms with van der Waals surface area (Å²) in [7, 11) is 1.75. The van der Waals surface area contributed by atoms with Gasteiger partial charge < -0.3 is 4.74 Å². The lowest BCUT2D eigenvalue weighted by atomic mass is 10.1. The highest BCUT2D eigenvalue weighted by Gasteiger charge is 2.12. The molecule has 1 atom stereocenters. The number of halogens is 2. The molecule has 0 saturated carbocycles. The van der Waals surface area contributed by atoms with Crippen molar-refractivity contribution in [1.29, 1.82) is 0 Å². The van der Waals surface area contributed by atoms with Crippen LogP contribution < -0.4 is 0 Å². The molecule has 0 saturated heterocycles. The minimum absolute atomic E-state index is 0.296. The molecule has 13 heavy (non-hydrogen) atoms. The van der Waals surface area contributed by atoms with E-state index in [1.165, 1.54) is 9.26 Å². The van der Waals surface area contributed by atoms with Gasteiger partial charge >= 0.3 is 0 Å². The molecule has 1 heterocycles. The molecule has 0 aliphatic carbocycles. The third-order valence-corrected chi connectivity index (χ3v) is 4.93. The Morgan fingerprint density at radius 1 is 1.54 bits per heavy atom. The molecule has 0 bridgehead atoms. The monoisotopic (exact) mass is 406 g/mol. The summed E-state index contributed by atoms with van der Waals surface area (Å²) < 4.78 is 7.57. The summed E-state index contributed by atoms with van der Waals surface area (Å²) in [6, 6.07) is 0. The molecule has 0 aliphatic heterocycles. The van der Waals surface area contributed by atoms with E-state index in [2.05, 4.69) is 62.3 Å². The number of aromatic amines is 1. The van der Waals surface area contributed by atoms with Crippen LogP contribution in [0.4, 0.5) is 0 Å². The molecule has 74 valence electrons. The maximum atomic E-state index is 5.31. The van der Waals surface area contributed by atoms with Crippen LogP contribution in [0, 0.1) is 7.27 Å². The first kappa shape index (κ1) is 11.7. The van der Waals surface area contributed by atoms with Crippen LogP contribution in [0.5, 0.6) is 0 Å². The Kier molecular flexibility index (Phi) is 4.95. The maximum absolute atomic E-state index is 5.31. The lowest BCUT2D eigenvalue weighted by Gasteiger charge is -2.11. The number of hydrogen-bond acceptors (Lipinski definition) is 2. The summed E-state index contributed by atoms with van der Waals surface area (Å²) >= 11 is 4.53. The number of nitrogens with one attached hydrogen (secondary N) is 1. The van der Waals surface area contributed by atoms with Crippen molar-refractivity contribution in [1.82, 2.24) is 10.2 Å². The Morgan fingerprint density at radius 3 is 2.62 bits per heavy atom. The molecule has 0 spiro atoms. The first-order chi connectivity index (χ1) is 6.19. The highest BCUT2D eigenvalue weighted by Crippen LogP contribution is 2.18. The summed E-state index contributed by atoms with van der Waals surface area (Å²) in [6.45, 7) is 2.13. The minimum atomic E-state index is 0.296. The molecule has 1 N–H and O–H groups in total. The highest BCUT2D eigenvalue weighted by molar-refractivity contribution is 14.1. The van der Waals surface area contributed by atoms with Gasteiger partial charge in [0, 0.05) is 13.5 Å². The number of methoxy groups -OCH3 is 1. The second kappa shape index (κ2) is 5.50. The first-order valence-corrected chi connectivity index (χ1v) is 6.25. The van der Waals surface area contributed by atoms with E-state index in [4.69, 9.17) is 4.74 Å². The van der Waals surface area contributed by atoms with Crippen molar-refractivity contribution in [2.45, 2.75) is 25.9 Å². The van der Waals surface area contributed by atoms with Gasteiger partial charge in [-0.15, -0.1) is 0 Å². The van der Waals surface area contributed by atoms with E-state index in [1.54, 1.807) is 7.11 Å². The van der Waals surface area contributed by atoms with Crippen LogP contribution in [0.15, 0.2) is 0 Å². The van der Waals surface area contributed by atoms with Gasteiger partial charge in [-0.25, -0.2) is 0 Å². The fourth-order valence-corrected chi connectivity index (χ4v) is 2.00. The van der Waals surface area contributed by atoms with E-state index >= 15 is 0 Å². The molecule has 1 rings (SSSR count). The van der Waals surface area contributed by atoms with Gasteiger partial charge in [0.1, 0.15) is 3.70 Å². The number of H-pyrrole nitrogens is 1. The molecule has 3 nitrogen and oxygen atoms in total. The van der Waals surface area contributed by atoms with Gasteiger partial charge in [0.15, 0.2) is 0 Å². The summed E-state index contributed by atoms with van der Waals surface area (Å²) in [5.74, 6) is 0. The van der Waals surface area contributed by atoms with Crippen molar-refractivity contribution in [2.75, 3.05) is 7.11 Å². The number of rotatable bonds is 4. The van der Waals surface area contributed by atoms with Crippen LogP contribution in [0.25, 0.3) is 0 Å². The van der Waals surface area contributed by atoms with Crippen molar-refractivity contribution in [3.8, 4) is 0 Å². The molecule has 0 fully saturated rings. The Labute approximate surface area is 105 Å². The quantitative estimate of drug-likeness (QED) is 0.782. The van der Waals surface area contributed by atoms with E-state index in [9.17, 15) is 0 Å². The van der Waals surface area contributed by atoms with Crippen LogP contribution in [0.2, 0.25) is 0 Å². The fourth-order valence-electron chi connectivity index (χ4n) is 1.10. The highest BCUT2D eigenvalue weighted by atomic mass is 127. The maximum Gasteiger partial charge on any atom is 0.136 e. The standard InChI is InChI=1S/C8H12I2N2O/c1-3-5(13-2)4-6-7(9)8(10)12-11-6/h5H,3-4H2,1-2H3,(H,11,12). The fraction of sp³-hybridized carbons (Fsp3) is 0.625. The normalized spacial score (nSPS) is 13.2. The Bertz CT molecular complexity index is 271. The van der Waals surface area contributed by atoms with Crippen LogP contribution in [-0.4, -0.2) is 23.4 Å². The molecular weight excluding hydrogens is 394 g/mol. The van der Waals surface area contributed by atoms with Crippen molar-refractivity contribution in [2.24, 2.45) is 0 Å². The van der Waals surface area contributed by atoms with E-state index in [1.807, 2.05) is 0 Å². The van der Waals surface area contributed by atoms with E-state index in [0.29, 0.717) is 6.10 Å². The molecule has 1 aromatic rings. The van der Waals surface area contributed by atoms with E-state index in [-0.39, 0.29) is 0 Å². The molecule has 0 aromatic carbocycles. The molecule has 1 unspecified atom stereocenters. The second-order valence-corrected chi connectivity index (χ2v) is 4.88. The van der Waals surface area contributed by atoms with E-state index in [0.717, 1.165) is 16.5 Å². The van der Waals surface area contributed by atoms with Crippen LogP contribution in [0.3, 0.4) is 0 Å². The van der Waals surface area contributed by atoms with Crippen molar-refractivity contribution >= 4 is 45.2 Å². The SMILES string of the molecule is CCC(Cc1[nH]nc(I)c1I)OC. The van der Waals surface area contributed by atoms with Gasteiger partial charge in [0.25, 0.3) is 0 Å². The number of hydrogen-bond donors (Lipinski definition) is 1. The van der Waals surface area contributed by atoms with Gasteiger partial charge in [-0.1, -0.05) is 6.92 Å². The lowest BCUT2D eigenvalue weighted by molar-refractivity contribution is 0.0988. The molecular formula is C8H12I2N2O. The number of nitrogens with zero attached hydrogens (tertiary/aromatic N) is 1. The summed E-state index contributed by atoms with van der Waals surface area (Å²) in [4.78, 5) is 0. The van der Waals surface area contributed by atoms with Gasteiger partial charge in [-0.3, -0.25) is 5.10 Å². The van der Waals surface area contributed by atoms with Crippen LogP contribution in [0.1, 0.15) is 19.0 Å². The topological polar surface area (TPSA) is 37.9 Å². The predicted octanol–water partition coefficient (Wildman–Crippen LogP) is 2.59. The summed E-state index contributed by atoms with van der Waals surface area (Å²) in [5, 5.41) is 7.16. The van der Waals surface area contributed by atoms with Crippen molar-refractivity contribution < 1.29 is 4.74 Å². The third-order valence-electron chi connectivity index (χ3n) is 1.96. The molecule has 1 aromatic heterocycles. The summed E-state index contributed by atoms with van der Waals surface area (Å²) in [5.41, 5.74) is 1.18.